The van der Waals surface area contributed by atoms with E-state index < -0.39 is 5.97 Å². The van der Waals surface area contributed by atoms with Gasteiger partial charge in [0, 0.05) is 18.7 Å². The van der Waals surface area contributed by atoms with Crippen LogP contribution in [0.25, 0.3) is 0 Å². The van der Waals surface area contributed by atoms with E-state index in [2.05, 4.69) is 6.92 Å². The van der Waals surface area contributed by atoms with Gasteiger partial charge in [-0.3, -0.25) is 9.59 Å². The van der Waals surface area contributed by atoms with Gasteiger partial charge in [0.15, 0.2) is 0 Å². The van der Waals surface area contributed by atoms with Gasteiger partial charge in [0.1, 0.15) is 6.54 Å². The van der Waals surface area contributed by atoms with Crippen molar-refractivity contribution in [3.05, 3.63) is 0 Å². The molecule has 0 radical (unpaired) electrons. The molecule has 5 heteroatoms. The molecule has 0 atom stereocenters. The highest BCUT2D eigenvalue weighted by Crippen LogP contribution is 2.07. The zero-order valence-electron chi connectivity index (χ0n) is 10.1. The molecule has 0 aliphatic rings. The van der Waals surface area contributed by atoms with Crippen molar-refractivity contribution in [1.82, 2.24) is 4.90 Å². The summed E-state index contributed by atoms with van der Waals surface area (Å²) in [5, 5.41) is 8.61. The number of carboxylic acids is 1. The Morgan fingerprint density at radius 1 is 1.25 bits per heavy atom. The van der Waals surface area contributed by atoms with Crippen LogP contribution in [0, 0.1) is 0 Å². The van der Waals surface area contributed by atoms with Gasteiger partial charge in [-0.1, -0.05) is 13.3 Å². The smallest absolute Gasteiger partial charge is 0.323 e. The van der Waals surface area contributed by atoms with Crippen LogP contribution in [0.1, 0.15) is 33.1 Å². The second-order valence-electron chi connectivity index (χ2n) is 3.52. The molecule has 0 fully saturated rings. The lowest BCUT2D eigenvalue weighted by atomic mass is 10.4. The zero-order chi connectivity index (χ0) is 12.4. The van der Waals surface area contributed by atoms with E-state index in [1.165, 1.54) is 17.7 Å². The minimum Gasteiger partial charge on any atom is -0.480 e. The molecule has 16 heavy (non-hydrogen) atoms. The fourth-order valence-corrected chi connectivity index (χ4v) is 2.22. The molecule has 0 aromatic rings. The first-order valence-corrected chi connectivity index (χ1v) is 6.84. The highest BCUT2D eigenvalue weighted by Gasteiger charge is 2.13. The average Bonchev–Trinajstić information content (AvgIpc) is 2.25. The first-order chi connectivity index (χ1) is 7.61. The van der Waals surface area contributed by atoms with E-state index >= 15 is 0 Å². The van der Waals surface area contributed by atoms with Crippen molar-refractivity contribution in [1.29, 1.82) is 0 Å². The lowest BCUT2D eigenvalue weighted by molar-refractivity contribution is -0.144. The summed E-state index contributed by atoms with van der Waals surface area (Å²) in [6.07, 6.45) is 2.78. The molecule has 0 aliphatic carbocycles. The molecule has 1 N–H and O–H groups in total. The largest absolute Gasteiger partial charge is 0.480 e. The summed E-state index contributed by atoms with van der Waals surface area (Å²) in [6, 6.07) is 0. The van der Waals surface area contributed by atoms with Crippen molar-refractivity contribution < 1.29 is 14.7 Å². The zero-order valence-corrected chi connectivity index (χ0v) is 10.9. The first-order valence-electron chi connectivity index (χ1n) is 5.69. The summed E-state index contributed by atoms with van der Waals surface area (Å²) >= 11 is 1.76. The summed E-state index contributed by atoms with van der Waals surface area (Å²) in [5.74, 6) is 0.854. The molecule has 0 aromatic carbocycles. The second kappa shape index (κ2) is 9.51. The number of carbonyl (C=O) groups excluding carboxylic acids is 1. The standard InChI is InChI=1S/C11H21NO3S/c1-3-5-7-16-8-6-10(13)12(4-2)9-11(14)15/h3-9H2,1-2H3,(H,14,15). The van der Waals surface area contributed by atoms with Gasteiger partial charge in [-0.15, -0.1) is 0 Å². The van der Waals surface area contributed by atoms with Crippen molar-refractivity contribution in [3.63, 3.8) is 0 Å². The van der Waals surface area contributed by atoms with E-state index in [1.54, 1.807) is 18.7 Å². The number of nitrogens with zero attached hydrogens (tertiary/aromatic N) is 1. The van der Waals surface area contributed by atoms with Crippen molar-refractivity contribution in [2.75, 3.05) is 24.6 Å². The van der Waals surface area contributed by atoms with Crippen LogP contribution >= 0.6 is 11.8 Å². The van der Waals surface area contributed by atoms with Crippen LogP contribution < -0.4 is 0 Å². The topological polar surface area (TPSA) is 57.6 Å². The van der Waals surface area contributed by atoms with Crippen molar-refractivity contribution in [3.8, 4) is 0 Å². The van der Waals surface area contributed by atoms with Gasteiger partial charge in [0.05, 0.1) is 0 Å². The fourth-order valence-electron chi connectivity index (χ4n) is 1.21. The van der Waals surface area contributed by atoms with E-state index in [-0.39, 0.29) is 12.5 Å². The highest BCUT2D eigenvalue weighted by molar-refractivity contribution is 7.99. The molecule has 0 aliphatic heterocycles. The number of unbranched alkanes of at least 4 members (excludes halogenated alkanes) is 1. The van der Waals surface area contributed by atoms with Crippen LogP contribution in [0.15, 0.2) is 0 Å². The molecule has 0 saturated carbocycles. The van der Waals surface area contributed by atoms with Gasteiger partial charge in [0.25, 0.3) is 0 Å². The van der Waals surface area contributed by atoms with Gasteiger partial charge >= 0.3 is 5.97 Å². The third-order valence-electron chi connectivity index (χ3n) is 2.16. The van der Waals surface area contributed by atoms with Gasteiger partial charge in [0.2, 0.25) is 5.91 Å². The Morgan fingerprint density at radius 2 is 1.94 bits per heavy atom. The van der Waals surface area contributed by atoms with E-state index in [0.29, 0.717) is 13.0 Å². The SMILES string of the molecule is CCCCSCCC(=O)N(CC)CC(=O)O. The summed E-state index contributed by atoms with van der Waals surface area (Å²) in [4.78, 5) is 23.5. The lowest BCUT2D eigenvalue weighted by Gasteiger charge is -2.18. The van der Waals surface area contributed by atoms with Crippen LogP contribution in [0.4, 0.5) is 0 Å². The van der Waals surface area contributed by atoms with E-state index in [9.17, 15) is 9.59 Å². The van der Waals surface area contributed by atoms with Crippen molar-refractivity contribution in [2.24, 2.45) is 0 Å². The summed E-state index contributed by atoms with van der Waals surface area (Å²) in [7, 11) is 0. The third-order valence-corrected chi connectivity index (χ3v) is 3.23. The van der Waals surface area contributed by atoms with Crippen LogP contribution in [0.3, 0.4) is 0 Å². The number of rotatable bonds is 9. The summed E-state index contributed by atoms with van der Waals surface area (Å²) < 4.78 is 0. The molecule has 0 bridgehead atoms. The fraction of sp³-hybridized carbons (Fsp3) is 0.818. The van der Waals surface area contributed by atoms with E-state index in [1.807, 2.05) is 0 Å². The Morgan fingerprint density at radius 3 is 2.44 bits per heavy atom. The van der Waals surface area contributed by atoms with Crippen molar-refractivity contribution in [2.45, 2.75) is 33.1 Å². The van der Waals surface area contributed by atoms with Crippen LogP contribution in [0.5, 0.6) is 0 Å². The third kappa shape index (κ3) is 7.56. The van der Waals surface area contributed by atoms with Gasteiger partial charge in [-0.2, -0.15) is 11.8 Å². The van der Waals surface area contributed by atoms with Crippen LogP contribution in [-0.4, -0.2) is 46.5 Å². The number of carboxylic acid groups (broad SMARTS) is 1. The molecule has 94 valence electrons. The molecular weight excluding hydrogens is 226 g/mol. The van der Waals surface area contributed by atoms with Gasteiger partial charge in [-0.05, 0) is 19.1 Å². The quantitative estimate of drug-likeness (QED) is 0.632. The maximum absolute atomic E-state index is 11.6. The van der Waals surface area contributed by atoms with E-state index in [0.717, 1.165) is 11.5 Å². The Hall–Kier alpha value is -0.710. The molecule has 0 saturated heterocycles. The molecule has 0 heterocycles. The number of amides is 1. The Labute approximate surface area is 101 Å². The Balaban J connectivity index is 3.71. The number of hydrogen-bond acceptors (Lipinski definition) is 3. The predicted octanol–water partition coefficient (Wildman–Crippen LogP) is 1.84. The maximum atomic E-state index is 11.6. The number of aliphatic carboxylic acids is 1. The molecule has 0 rings (SSSR count). The number of carbonyl (C=O) groups is 2. The Bertz CT molecular complexity index is 221. The average molecular weight is 247 g/mol. The summed E-state index contributed by atoms with van der Waals surface area (Å²) in [6.45, 7) is 4.21. The second-order valence-corrected chi connectivity index (χ2v) is 4.74. The van der Waals surface area contributed by atoms with Crippen LogP contribution in [0.2, 0.25) is 0 Å². The molecule has 4 nitrogen and oxygen atoms in total. The minimum absolute atomic E-state index is 0.0612. The molecule has 0 aromatic heterocycles. The van der Waals surface area contributed by atoms with Crippen molar-refractivity contribution >= 4 is 23.6 Å². The summed E-state index contributed by atoms with van der Waals surface area (Å²) in [5.41, 5.74) is 0. The predicted molar refractivity (Wildman–Crippen MR) is 66.7 cm³/mol. The molecular formula is C11H21NO3S. The first kappa shape index (κ1) is 15.3. The molecule has 1 amide bonds. The maximum Gasteiger partial charge on any atom is 0.323 e. The lowest BCUT2D eigenvalue weighted by Crippen LogP contribution is -2.35. The Kier molecular flexibility index (Phi) is 9.09. The van der Waals surface area contributed by atoms with Gasteiger partial charge in [-0.25, -0.2) is 0 Å². The molecule has 0 unspecified atom stereocenters. The van der Waals surface area contributed by atoms with E-state index in [4.69, 9.17) is 5.11 Å². The minimum atomic E-state index is -0.950. The molecule has 0 spiro atoms. The van der Waals surface area contributed by atoms with Gasteiger partial charge < -0.3 is 10.0 Å². The number of thioether (sulfide) groups is 1. The monoisotopic (exact) mass is 247 g/mol. The number of hydrogen-bond donors (Lipinski definition) is 1. The van der Waals surface area contributed by atoms with Crippen LogP contribution in [-0.2, 0) is 9.59 Å². The number of likely N-dealkylation sites (N-methyl/N-ethyl adjacent to an activating group) is 1. The highest BCUT2D eigenvalue weighted by atomic mass is 32.2. The normalized spacial score (nSPS) is 10.1.